The van der Waals surface area contributed by atoms with Gasteiger partial charge in [0.15, 0.2) is 5.58 Å². The van der Waals surface area contributed by atoms with E-state index in [0.29, 0.717) is 41.1 Å². The van der Waals surface area contributed by atoms with Gasteiger partial charge < -0.3 is 24.5 Å². The van der Waals surface area contributed by atoms with Crippen LogP contribution in [0.25, 0.3) is 22.2 Å². The Bertz CT molecular complexity index is 1360. The maximum absolute atomic E-state index is 13.5. The fourth-order valence-electron chi connectivity index (χ4n) is 4.02. The minimum absolute atomic E-state index is 0.182. The number of amides is 2. The molecule has 0 saturated carbocycles. The first kappa shape index (κ1) is 26.7. The van der Waals surface area contributed by atoms with Gasteiger partial charge in [-0.25, -0.2) is 9.78 Å². The van der Waals surface area contributed by atoms with Crippen LogP contribution in [0.2, 0.25) is 0 Å². The van der Waals surface area contributed by atoms with E-state index in [-0.39, 0.29) is 18.1 Å². The second-order valence-electron chi connectivity index (χ2n) is 9.98. The van der Waals surface area contributed by atoms with Crippen LogP contribution in [0.4, 0.5) is 4.79 Å². The molecular formula is C30H33N3O5. The van der Waals surface area contributed by atoms with Crippen molar-refractivity contribution in [2.75, 3.05) is 13.7 Å². The van der Waals surface area contributed by atoms with Crippen molar-refractivity contribution < 1.29 is 23.5 Å². The number of carbonyl (C=O) groups excluding carboxylic acids is 2. The molecule has 0 aliphatic heterocycles. The minimum Gasteiger partial charge on any atom is -0.496 e. The molecule has 0 saturated heterocycles. The SMILES string of the molecule is COc1ccc(-c2ccccc2)cc1C(=O)N[C@@H](CCCOC(=O)NC(C)(C)C)c1nc2ccccc2o1. The molecule has 4 aromatic rings. The molecule has 0 spiro atoms. The summed E-state index contributed by atoms with van der Waals surface area (Å²) in [6.45, 7) is 5.83. The van der Waals surface area contributed by atoms with E-state index in [1.54, 1.807) is 6.07 Å². The first-order valence-electron chi connectivity index (χ1n) is 12.6. The van der Waals surface area contributed by atoms with Crippen molar-refractivity contribution in [3.8, 4) is 16.9 Å². The number of methoxy groups -OCH3 is 1. The predicted octanol–water partition coefficient (Wildman–Crippen LogP) is 6.28. The molecule has 4 rings (SSSR count). The number of nitrogens with zero attached hydrogens (tertiary/aromatic N) is 1. The Labute approximate surface area is 222 Å². The van der Waals surface area contributed by atoms with E-state index < -0.39 is 12.1 Å². The van der Waals surface area contributed by atoms with Crippen LogP contribution in [0.3, 0.4) is 0 Å². The highest BCUT2D eigenvalue weighted by Crippen LogP contribution is 2.29. The van der Waals surface area contributed by atoms with Crippen LogP contribution >= 0.6 is 0 Å². The van der Waals surface area contributed by atoms with Crippen molar-refractivity contribution in [1.29, 1.82) is 0 Å². The van der Waals surface area contributed by atoms with Gasteiger partial charge >= 0.3 is 6.09 Å². The Hall–Kier alpha value is -4.33. The topological polar surface area (TPSA) is 103 Å². The maximum atomic E-state index is 13.5. The van der Waals surface area contributed by atoms with E-state index in [1.807, 2.05) is 87.5 Å². The van der Waals surface area contributed by atoms with Crippen LogP contribution in [0, 0.1) is 0 Å². The van der Waals surface area contributed by atoms with E-state index >= 15 is 0 Å². The number of benzene rings is 3. The molecule has 0 radical (unpaired) electrons. The summed E-state index contributed by atoms with van der Waals surface area (Å²) in [6, 6.07) is 22.2. The van der Waals surface area contributed by atoms with Gasteiger partial charge in [-0.1, -0.05) is 48.5 Å². The zero-order valence-electron chi connectivity index (χ0n) is 22.1. The first-order chi connectivity index (χ1) is 18.2. The lowest BCUT2D eigenvalue weighted by molar-refractivity contribution is 0.0918. The molecule has 0 aliphatic carbocycles. The van der Waals surface area contributed by atoms with E-state index in [1.165, 1.54) is 7.11 Å². The van der Waals surface area contributed by atoms with Gasteiger partial charge in [-0.15, -0.1) is 0 Å². The summed E-state index contributed by atoms with van der Waals surface area (Å²) in [5.41, 5.74) is 3.23. The summed E-state index contributed by atoms with van der Waals surface area (Å²) >= 11 is 0. The largest absolute Gasteiger partial charge is 0.496 e. The number of aromatic nitrogens is 1. The highest BCUT2D eigenvalue weighted by atomic mass is 16.5. The Balaban J connectivity index is 1.54. The Morgan fingerprint density at radius 2 is 1.71 bits per heavy atom. The number of para-hydroxylation sites is 2. The van der Waals surface area contributed by atoms with Crippen LogP contribution < -0.4 is 15.4 Å². The molecule has 1 heterocycles. The molecule has 1 atom stereocenters. The molecule has 38 heavy (non-hydrogen) atoms. The van der Waals surface area contributed by atoms with Crippen molar-refractivity contribution in [1.82, 2.24) is 15.6 Å². The number of hydrogen-bond acceptors (Lipinski definition) is 6. The Kier molecular flexibility index (Phi) is 8.31. The van der Waals surface area contributed by atoms with E-state index in [4.69, 9.17) is 13.9 Å². The second kappa shape index (κ2) is 11.8. The standard InChI is InChI=1S/C30H33N3O5/c1-30(2,3)33-29(35)37-18-10-14-24(28-32-23-13-8-9-15-26(23)38-28)31-27(34)22-19-21(16-17-25(22)36-4)20-11-6-5-7-12-20/h5-9,11-13,15-17,19,24H,10,14,18H2,1-4H3,(H,31,34)(H,33,35)/t24-/m0/s1. The molecule has 8 heteroatoms. The maximum Gasteiger partial charge on any atom is 0.407 e. The van der Waals surface area contributed by atoms with Gasteiger partial charge in [0.25, 0.3) is 5.91 Å². The smallest absolute Gasteiger partial charge is 0.407 e. The number of ether oxygens (including phenoxy) is 2. The van der Waals surface area contributed by atoms with Gasteiger partial charge in [0.05, 0.1) is 19.3 Å². The van der Waals surface area contributed by atoms with Gasteiger partial charge in [-0.2, -0.15) is 0 Å². The van der Waals surface area contributed by atoms with Crippen molar-refractivity contribution >= 4 is 23.1 Å². The van der Waals surface area contributed by atoms with E-state index in [2.05, 4.69) is 15.6 Å². The van der Waals surface area contributed by atoms with E-state index in [9.17, 15) is 9.59 Å². The van der Waals surface area contributed by atoms with Crippen molar-refractivity contribution in [3.63, 3.8) is 0 Å². The summed E-state index contributed by atoms with van der Waals surface area (Å²) in [7, 11) is 1.53. The normalized spacial score (nSPS) is 12.1. The number of alkyl carbamates (subject to hydrolysis) is 1. The van der Waals surface area contributed by atoms with Crippen LogP contribution in [0.5, 0.6) is 5.75 Å². The van der Waals surface area contributed by atoms with Crippen molar-refractivity contribution in [2.24, 2.45) is 0 Å². The highest BCUT2D eigenvalue weighted by Gasteiger charge is 2.24. The third kappa shape index (κ3) is 6.91. The molecule has 198 valence electrons. The molecule has 2 amide bonds. The zero-order valence-corrected chi connectivity index (χ0v) is 22.1. The molecule has 1 aromatic heterocycles. The fraction of sp³-hybridized carbons (Fsp3) is 0.300. The molecule has 8 nitrogen and oxygen atoms in total. The van der Waals surface area contributed by atoms with Gasteiger partial charge in [-0.3, -0.25) is 4.79 Å². The second-order valence-corrected chi connectivity index (χ2v) is 9.98. The first-order valence-corrected chi connectivity index (χ1v) is 12.6. The minimum atomic E-state index is -0.547. The number of nitrogens with one attached hydrogen (secondary N) is 2. The molecule has 0 bridgehead atoms. The molecule has 0 fully saturated rings. The number of hydrogen-bond donors (Lipinski definition) is 2. The van der Waals surface area contributed by atoms with Crippen molar-refractivity contribution in [3.05, 3.63) is 84.3 Å². The number of oxazole rings is 1. The van der Waals surface area contributed by atoms with Crippen LogP contribution in [-0.2, 0) is 4.74 Å². The number of carbonyl (C=O) groups is 2. The van der Waals surface area contributed by atoms with Gasteiger partial charge in [-0.05, 0) is 69.0 Å². The fourth-order valence-corrected chi connectivity index (χ4v) is 4.02. The average Bonchev–Trinajstić information content (AvgIpc) is 3.33. The summed E-state index contributed by atoms with van der Waals surface area (Å²) < 4.78 is 16.8. The van der Waals surface area contributed by atoms with E-state index in [0.717, 1.165) is 11.1 Å². The average molecular weight is 516 g/mol. The lowest BCUT2D eigenvalue weighted by Crippen LogP contribution is -2.41. The summed E-state index contributed by atoms with van der Waals surface area (Å²) in [5.74, 6) is 0.524. The summed E-state index contributed by atoms with van der Waals surface area (Å²) in [4.78, 5) is 30.2. The van der Waals surface area contributed by atoms with Crippen LogP contribution in [0.15, 0.2) is 77.2 Å². The van der Waals surface area contributed by atoms with Gasteiger partial charge in [0, 0.05) is 5.54 Å². The molecule has 2 N–H and O–H groups in total. The third-order valence-corrected chi connectivity index (χ3v) is 5.81. The monoisotopic (exact) mass is 515 g/mol. The highest BCUT2D eigenvalue weighted by molar-refractivity contribution is 5.98. The Morgan fingerprint density at radius 3 is 2.42 bits per heavy atom. The van der Waals surface area contributed by atoms with Gasteiger partial charge in [0.1, 0.15) is 17.3 Å². The predicted molar refractivity (Wildman–Crippen MR) is 146 cm³/mol. The lowest BCUT2D eigenvalue weighted by atomic mass is 10.0. The van der Waals surface area contributed by atoms with Crippen LogP contribution in [-0.4, -0.2) is 36.2 Å². The molecule has 3 aromatic carbocycles. The summed E-state index contributed by atoms with van der Waals surface area (Å²) in [5, 5.41) is 5.83. The number of fused-ring (bicyclic) bond motifs is 1. The van der Waals surface area contributed by atoms with Crippen molar-refractivity contribution in [2.45, 2.75) is 45.2 Å². The van der Waals surface area contributed by atoms with Crippen LogP contribution in [0.1, 0.15) is 55.9 Å². The number of rotatable bonds is 9. The quantitative estimate of drug-likeness (QED) is 0.254. The zero-order chi connectivity index (χ0) is 27.1. The lowest BCUT2D eigenvalue weighted by Gasteiger charge is -2.20. The van der Waals surface area contributed by atoms with Gasteiger partial charge in [0.2, 0.25) is 5.89 Å². The third-order valence-electron chi connectivity index (χ3n) is 5.81. The summed E-state index contributed by atoms with van der Waals surface area (Å²) in [6.07, 6.45) is 0.451. The molecule has 0 aliphatic rings. The Morgan fingerprint density at radius 1 is 0.974 bits per heavy atom. The molecule has 0 unspecified atom stereocenters. The molecular weight excluding hydrogens is 482 g/mol.